The first-order chi connectivity index (χ1) is 19.0. The standard InChI is InChI=1S/C29H42O13.CH4.H3N.H2O.H3P.H2S.U.V.W.Y.H2/c1-13(2)9-18(32)29(39)26(5,6)28(8,25(3,4)27(29,7)38)42-24-22(36)21(35)20(34)17(41-24)12-40-23(37)14-10-15(30)19(33)16(31)11-14;;;;;;;;;;/h9-11,17,20-22,24,30-31,33-36,38-39H,12H2,1-8H3;1H4;1H3;1H2;1H3;1H2;;;;;1H/t17?,20?,21?,22?,24?,27-,28-,29-;;;;;;;;;;/m1........../s1. The fraction of sp³-hybridized carbons (Fsp3) is 0.667. The molecule has 1 aromatic carbocycles. The van der Waals surface area contributed by atoms with Crippen LogP contribution in [0, 0.1) is 41.9 Å². The van der Waals surface area contributed by atoms with E-state index in [4.69, 9.17) is 14.2 Å². The molecule has 2 fully saturated rings. The van der Waals surface area contributed by atoms with Crippen LogP contribution in [0.25, 0.3) is 0 Å². The van der Waals surface area contributed by atoms with Crippen LogP contribution in [-0.2, 0) is 91.3 Å². The van der Waals surface area contributed by atoms with Gasteiger partial charge in [0.2, 0.25) is 0 Å². The van der Waals surface area contributed by atoms with Crippen molar-refractivity contribution in [3.05, 3.63) is 29.3 Å². The zero-order chi connectivity index (χ0) is 32.4. The van der Waals surface area contributed by atoms with E-state index in [1.807, 2.05) is 0 Å². The van der Waals surface area contributed by atoms with Gasteiger partial charge in [0.25, 0.3) is 0 Å². The number of aliphatic hydroxyl groups excluding tert-OH is 3. The predicted octanol–water partition coefficient (Wildman–Crippen LogP) is 1.01. The molecule has 1 saturated heterocycles. The molecule has 2 aliphatic rings. The van der Waals surface area contributed by atoms with Crippen LogP contribution >= 0.6 is 23.4 Å². The molecule has 1 aliphatic carbocycles. The van der Waals surface area contributed by atoms with E-state index in [1.165, 1.54) is 33.8 Å². The molecule has 1 saturated carbocycles. The molecule has 0 spiro atoms. The van der Waals surface area contributed by atoms with Gasteiger partial charge in [-0.05, 0) is 45.9 Å². The van der Waals surface area contributed by atoms with E-state index in [1.54, 1.807) is 27.7 Å². The minimum atomic E-state index is -2.39. The molecule has 1 aliphatic heterocycles. The quantitative estimate of drug-likeness (QED) is 0.0798. The normalized spacial score (nSPS) is 30.6. The number of rotatable bonds is 7. The van der Waals surface area contributed by atoms with Crippen LogP contribution in [0.2, 0.25) is 0 Å². The molecule has 296 valence electrons. The average Bonchev–Trinajstić information content (AvgIpc) is 2.94. The Morgan fingerprint density at radius 3 is 1.76 bits per heavy atom. The number of hydrogen-bond donors (Lipinski definition) is 9. The first kappa shape index (κ1) is 67.1. The zero-order valence-corrected chi connectivity index (χ0v) is 43.0. The topological polar surface area (TPSA) is 290 Å². The number of carbonyl (C=O) groups is 2. The van der Waals surface area contributed by atoms with Crippen molar-refractivity contribution in [1.82, 2.24) is 6.15 Å². The molecule has 21 heteroatoms. The van der Waals surface area contributed by atoms with Crippen molar-refractivity contribution >= 4 is 35.1 Å². The molecule has 13 N–H and O–H groups in total. The van der Waals surface area contributed by atoms with Gasteiger partial charge in [0.15, 0.2) is 34.9 Å². The first-order valence-corrected chi connectivity index (χ1v) is 13.4. The second kappa shape index (κ2) is 23.5. The van der Waals surface area contributed by atoms with E-state index in [0.29, 0.717) is 5.57 Å². The van der Waals surface area contributed by atoms with Crippen molar-refractivity contribution in [2.24, 2.45) is 10.8 Å². The van der Waals surface area contributed by atoms with Crippen molar-refractivity contribution in [3.63, 3.8) is 0 Å². The van der Waals surface area contributed by atoms with E-state index in [9.17, 15) is 50.4 Å². The summed E-state index contributed by atoms with van der Waals surface area (Å²) in [7, 11) is 0. The summed E-state index contributed by atoms with van der Waals surface area (Å²) in [5.41, 5.74) is -8.82. The van der Waals surface area contributed by atoms with Gasteiger partial charge in [-0.15, -0.1) is 0 Å². The van der Waals surface area contributed by atoms with Crippen LogP contribution < -0.4 is 6.15 Å². The third kappa shape index (κ3) is 11.1. The molecule has 0 aromatic heterocycles. The number of ether oxygens (including phenoxy) is 3. The monoisotopic (exact) mass is 1280 g/mol. The summed E-state index contributed by atoms with van der Waals surface area (Å²) in [4.78, 5) is 25.9. The number of ketones is 1. The molecule has 9 atom stereocenters. The second-order valence-electron chi connectivity index (χ2n) is 12.7. The van der Waals surface area contributed by atoms with Gasteiger partial charge in [-0.3, -0.25) is 4.79 Å². The predicted molar refractivity (Wildman–Crippen MR) is 184 cm³/mol. The largest absolute Gasteiger partial charge is 0.504 e. The Hall–Kier alpha value is 1.35. The van der Waals surface area contributed by atoms with Crippen molar-refractivity contribution in [1.29, 1.82) is 0 Å². The van der Waals surface area contributed by atoms with Gasteiger partial charge in [0.1, 0.15) is 36.6 Å². The van der Waals surface area contributed by atoms with Crippen LogP contribution in [0.15, 0.2) is 23.8 Å². The summed E-state index contributed by atoms with van der Waals surface area (Å²) in [6, 6.07) is 1.68. The molecule has 3 rings (SSSR count). The smallest absolute Gasteiger partial charge is 0.338 e. The number of phenolic OH excluding ortho intramolecular Hbond substituents is 3. The molecule has 6 unspecified atom stereocenters. The van der Waals surface area contributed by atoms with E-state index < -0.39 is 93.9 Å². The minimum absolute atomic E-state index is 0. The van der Waals surface area contributed by atoms with Gasteiger partial charge in [-0.2, -0.15) is 23.4 Å². The number of hydrogen-bond acceptors (Lipinski definition) is 14. The van der Waals surface area contributed by atoms with Crippen molar-refractivity contribution < 1.29 is 175 Å². The molecule has 1 aromatic rings. The molecular weight excluding hydrogens is 1220 g/mol. The molecule has 2 radical (unpaired) electrons. The average molecular weight is 1280 g/mol. The maximum atomic E-state index is 13.4. The van der Waals surface area contributed by atoms with E-state index in [0.717, 1.165) is 12.1 Å². The van der Waals surface area contributed by atoms with Gasteiger partial charge < -0.3 is 66.7 Å². The van der Waals surface area contributed by atoms with Gasteiger partial charge in [-0.25, -0.2) is 4.79 Å². The van der Waals surface area contributed by atoms with E-state index >= 15 is 0 Å². The maximum absolute atomic E-state index is 13.4. The van der Waals surface area contributed by atoms with Crippen LogP contribution in [-0.4, -0.2) is 112 Å². The number of allylic oxidation sites excluding steroid dienone is 1. The Kier molecular flexibility index (Phi) is 31.0. The second-order valence-corrected chi connectivity index (χ2v) is 12.7. The van der Waals surface area contributed by atoms with Gasteiger partial charge in [-0.1, -0.05) is 40.7 Å². The third-order valence-corrected chi connectivity index (χ3v) is 9.69. The Morgan fingerprint density at radius 2 is 1.35 bits per heavy atom. The molecule has 1 heterocycles. The van der Waals surface area contributed by atoms with E-state index in [-0.39, 0.29) is 153 Å². The number of esters is 1. The van der Waals surface area contributed by atoms with Crippen LogP contribution in [0.5, 0.6) is 17.2 Å². The minimum Gasteiger partial charge on any atom is -0.504 e. The number of carbonyl (C=O) groups excluding carboxylic acids is 2. The summed E-state index contributed by atoms with van der Waals surface area (Å²) >= 11 is 0. The SMILES string of the molecule is C.CC(C)=CC(=O)[C@@]1(O)C(C)(C)[C@](C)(OC2OC(COC(=O)c3cc(O)c(O)c(O)c3)C(O)C(O)C2O)C(C)(C)[C@@]1(C)O.N.O.P.S.[HH].[U].[V].[W].[Y]. The van der Waals surface area contributed by atoms with Gasteiger partial charge in [0, 0.05) is 116 Å². The summed E-state index contributed by atoms with van der Waals surface area (Å²) in [5.74, 6) is -4.24. The van der Waals surface area contributed by atoms with Gasteiger partial charge in [0.05, 0.1) is 11.2 Å². The van der Waals surface area contributed by atoms with Crippen molar-refractivity contribution in [2.75, 3.05) is 6.61 Å². The van der Waals surface area contributed by atoms with Crippen molar-refractivity contribution in [2.45, 2.75) is 110 Å². The molecular formula is C30H58NO14PSUVWY. The zero-order valence-electron chi connectivity index (χ0n) is 29.3. The Bertz CT molecular complexity index is 1300. The fourth-order valence-corrected chi connectivity index (χ4v) is 6.21. The van der Waals surface area contributed by atoms with Crippen LogP contribution in [0.3, 0.4) is 0 Å². The summed E-state index contributed by atoms with van der Waals surface area (Å²) in [5, 5.41) is 84.6. The molecule has 0 bridgehead atoms. The first-order valence-electron chi connectivity index (χ1n) is 13.4. The molecule has 0 amide bonds. The number of aliphatic hydroxyl groups is 5. The Morgan fingerprint density at radius 1 is 0.922 bits per heavy atom. The number of aromatic hydroxyl groups is 3. The summed E-state index contributed by atoms with van der Waals surface area (Å²) in [6.45, 7) is 11.7. The van der Waals surface area contributed by atoms with Crippen molar-refractivity contribution in [3.8, 4) is 17.2 Å². The van der Waals surface area contributed by atoms with E-state index in [2.05, 4.69) is 0 Å². The summed E-state index contributed by atoms with van der Waals surface area (Å²) < 4.78 is 17.2. The Balaban J connectivity index is -0.000000323. The summed E-state index contributed by atoms with van der Waals surface area (Å²) in [6.07, 6.45) is -7.38. The van der Waals surface area contributed by atoms with Crippen LogP contribution in [0.1, 0.15) is 74.6 Å². The molecule has 15 nitrogen and oxygen atoms in total. The van der Waals surface area contributed by atoms with Gasteiger partial charge >= 0.3 is 5.97 Å². The third-order valence-electron chi connectivity index (χ3n) is 9.69. The Labute approximate surface area is 386 Å². The van der Waals surface area contributed by atoms with Crippen LogP contribution in [0.4, 0.5) is 0 Å². The fourth-order valence-electron chi connectivity index (χ4n) is 6.21. The number of benzene rings is 1. The number of phenols is 3. The maximum Gasteiger partial charge on any atom is 0.338 e. The molecule has 51 heavy (non-hydrogen) atoms.